The van der Waals surface area contributed by atoms with Gasteiger partial charge in [-0.3, -0.25) is 0 Å². The first kappa shape index (κ1) is 18.8. The molecule has 26 heavy (non-hydrogen) atoms. The third-order valence-corrected chi connectivity index (χ3v) is 8.05. The largest absolute Gasteiger partial charge is 0.478 e. The molecule has 2 aromatic carbocycles. The smallest absolute Gasteiger partial charge is 0.335 e. The van der Waals surface area contributed by atoms with E-state index in [1.165, 1.54) is 10.5 Å². The van der Waals surface area contributed by atoms with Crippen LogP contribution in [0.5, 0.6) is 0 Å². The van der Waals surface area contributed by atoms with Crippen molar-refractivity contribution >= 4 is 37.3 Å². The normalized spacial score (nSPS) is 18.9. The molecule has 0 amide bonds. The van der Waals surface area contributed by atoms with E-state index >= 15 is 0 Å². The summed E-state index contributed by atoms with van der Waals surface area (Å²) in [4.78, 5) is 12.1. The number of benzene rings is 2. The number of carboxylic acid groups (broad SMARTS) is 1. The fourth-order valence-corrected chi connectivity index (χ4v) is 6.23. The molecule has 0 fully saturated rings. The molecule has 0 aliphatic carbocycles. The Hall–Kier alpha value is -1.98. The van der Waals surface area contributed by atoms with E-state index in [1.807, 2.05) is 25.1 Å². The van der Waals surface area contributed by atoms with Gasteiger partial charge < -0.3 is 5.11 Å². The fourth-order valence-electron chi connectivity index (χ4n) is 3.23. The van der Waals surface area contributed by atoms with E-state index in [2.05, 4.69) is 32.0 Å². The molecule has 1 aliphatic rings. The maximum Gasteiger partial charge on any atom is 0.335 e. The number of carbonyl (C=O) groups is 1. The maximum atomic E-state index is 11.6. The van der Waals surface area contributed by atoms with Gasteiger partial charge >= 0.3 is 5.97 Å². The molecular weight excluding hydrogens is 364 g/mol. The van der Waals surface area contributed by atoms with Crippen LogP contribution in [0, 0.1) is 0 Å². The molecule has 2 aromatic rings. The summed E-state index contributed by atoms with van der Waals surface area (Å²) in [6, 6.07) is 13.3. The van der Waals surface area contributed by atoms with Crippen LogP contribution in [-0.4, -0.2) is 21.0 Å². The van der Waals surface area contributed by atoms with Crippen LogP contribution in [0.1, 0.15) is 54.2 Å². The Labute approximate surface area is 159 Å². The zero-order valence-electron chi connectivity index (χ0n) is 15.1. The minimum absolute atomic E-state index is 0.109. The van der Waals surface area contributed by atoms with Crippen molar-refractivity contribution in [3.05, 3.63) is 64.7 Å². The highest BCUT2D eigenvalue weighted by molar-refractivity contribution is 8.31. The average molecular weight is 387 g/mol. The summed E-state index contributed by atoms with van der Waals surface area (Å²) in [7, 11) is 0.434. The van der Waals surface area contributed by atoms with Crippen LogP contribution in [0.3, 0.4) is 0 Å². The summed E-state index contributed by atoms with van der Waals surface area (Å²) in [5.41, 5.74) is 4.85. The number of allylic oxidation sites excluding steroid dienone is 1. The second-order valence-electron chi connectivity index (χ2n) is 7.22. The quantitative estimate of drug-likeness (QED) is 0.776. The highest BCUT2D eigenvalue weighted by atomic mass is 32.8. The van der Waals surface area contributed by atoms with Crippen molar-refractivity contribution < 1.29 is 14.1 Å². The van der Waals surface area contributed by atoms with E-state index in [0.29, 0.717) is 0 Å². The first-order chi connectivity index (χ1) is 12.3. The summed E-state index contributed by atoms with van der Waals surface area (Å²) in [6.45, 7) is 6.53. The van der Waals surface area contributed by atoms with Crippen LogP contribution >= 0.6 is 0 Å². The van der Waals surface area contributed by atoms with E-state index < -0.39 is 5.97 Å². The molecule has 1 heterocycles. The van der Waals surface area contributed by atoms with Gasteiger partial charge in [0.1, 0.15) is 10.2 Å². The summed E-state index contributed by atoms with van der Waals surface area (Å²) in [6.07, 6.45) is 3.09. The standard InChI is InChI=1S/C21H22O3S2/c1-14(12-15-4-6-16(7-5-15)20(22)23)17-8-9-18-19(13-17)26(25-24)11-10-21(18,2)3/h4-9,12-13H,10-11H2,1-3H3,(H,22,23). The van der Waals surface area contributed by atoms with Crippen molar-refractivity contribution in [3.8, 4) is 0 Å². The Kier molecular flexibility index (Phi) is 5.30. The molecule has 0 spiro atoms. The predicted octanol–water partition coefficient (Wildman–Crippen LogP) is 4.73. The van der Waals surface area contributed by atoms with E-state index in [1.54, 1.807) is 12.1 Å². The van der Waals surface area contributed by atoms with Crippen LogP contribution in [0.15, 0.2) is 47.4 Å². The van der Waals surface area contributed by atoms with Gasteiger partial charge in [-0.25, -0.2) is 9.00 Å². The van der Waals surface area contributed by atoms with Crippen molar-refractivity contribution in [2.75, 3.05) is 5.75 Å². The van der Waals surface area contributed by atoms with Crippen LogP contribution in [0.25, 0.3) is 11.6 Å². The predicted molar refractivity (Wildman–Crippen MR) is 110 cm³/mol. The number of carboxylic acids is 1. The van der Waals surface area contributed by atoms with E-state index in [9.17, 15) is 9.00 Å². The molecule has 0 saturated heterocycles. The maximum absolute atomic E-state index is 11.6. The van der Waals surface area contributed by atoms with Crippen molar-refractivity contribution in [3.63, 3.8) is 0 Å². The summed E-state index contributed by atoms with van der Waals surface area (Å²) >= 11 is 0. The van der Waals surface area contributed by atoms with E-state index in [4.69, 9.17) is 5.11 Å². The van der Waals surface area contributed by atoms with Crippen LogP contribution in [0.2, 0.25) is 0 Å². The van der Waals surface area contributed by atoms with E-state index in [-0.39, 0.29) is 20.4 Å². The van der Waals surface area contributed by atoms with Gasteiger partial charge in [0, 0.05) is 10.6 Å². The van der Waals surface area contributed by atoms with Gasteiger partial charge in [-0.2, -0.15) is 0 Å². The molecule has 3 rings (SSSR count). The van der Waals surface area contributed by atoms with Crippen LogP contribution in [-0.2, 0) is 25.1 Å². The van der Waals surface area contributed by atoms with Crippen LogP contribution in [0.4, 0.5) is 0 Å². The SMILES string of the molecule is CC(=Cc1ccc(C(=O)O)cc1)c1ccc2c(c1)S(=S=O)CCC2(C)C. The number of hydrogen-bond donors (Lipinski definition) is 1. The van der Waals surface area contributed by atoms with Crippen molar-refractivity contribution in [1.82, 2.24) is 0 Å². The van der Waals surface area contributed by atoms with Crippen LogP contribution < -0.4 is 0 Å². The molecule has 136 valence electrons. The molecule has 0 radical (unpaired) electrons. The molecule has 0 saturated carbocycles. The van der Waals surface area contributed by atoms with Gasteiger partial charge in [0.05, 0.1) is 5.56 Å². The van der Waals surface area contributed by atoms with Gasteiger partial charge in [0.2, 0.25) is 0 Å². The summed E-state index contributed by atoms with van der Waals surface area (Å²) < 4.78 is 11.6. The fraction of sp³-hybridized carbons (Fsp3) is 0.286. The highest BCUT2D eigenvalue weighted by Gasteiger charge is 2.30. The molecule has 0 bridgehead atoms. The topological polar surface area (TPSA) is 54.4 Å². The van der Waals surface area contributed by atoms with E-state index in [0.717, 1.165) is 39.1 Å². The van der Waals surface area contributed by atoms with Gasteiger partial charge in [-0.15, -0.1) is 0 Å². The number of hydrogen-bond acceptors (Lipinski definition) is 2. The van der Waals surface area contributed by atoms with Crippen molar-refractivity contribution in [1.29, 1.82) is 0 Å². The lowest BCUT2D eigenvalue weighted by atomic mass is 9.81. The molecular formula is C21H22O3S2. The second-order valence-corrected chi connectivity index (χ2v) is 10.5. The van der Waals surface area contributed by atoms with Gasteiger partial charge in [0.25, 0.3) is 0 Å². The molecule has 5 heteroatoms. The Morgan fingerprint density at radius 2 is 1.81 bits per heavy atom. The Morgan fingerprint density at radius 1 is 1.15 bits per heavy atom. The average Bonchev–Trinajstić information content (AvgIpc) is 2.62. The Bertz CT molecular complexity index is 950. The number of fused-ring (bicyclic) bond motifs is 1. The zero-order chi connectivity index (χ0) is 18.9. The number of rotatable bonds is 3. The lowest BCUT2D eigenvalue weighted by Crippen LogP contribution is -2.27. The lowest BCUT2D eigenvalue weighted by molar-refractivity contribution is 0.0697. The van der Waals surface area contributed by atoms with Gasteiger partial charge in [-0.1, -0.05) is 53.6 Å². The molecule has 0 aromatic heterocycles. The zero-order valence-corrected chi connectivity index (χ0v) is 16.7. The minimum atomic E-state index is -0.920. The number of aromatic carboxylic acids is 1. The Morgan fingerprint density at radius 3 is 2.42 bits per heavy atom. The highest BCUT2D eigenvalue weighted by Crippen LogP contribution is 2.38. The first-order valence-corrected chi connectivity index (χ1v) is 11.1. The molecule has 3 nitrogen and oxygen atoms in total. The second kappa shape index (κ2) is 7.33. The van der Waals surface area contributed by atoms with Gasteiger partial charge in [-0.05, 0) is 59.2 Å². The molecule has 1 unspecified atom stereocenters. The molecule has 1 atom stereocenters. The first-order valence-electron chi connectivity index (χ1n) is 8.49. The minimum Gasteiger partial charge on any atom is -0.478 e. The lowest BCUT2D eigenvalue weighted by Gasteiger charge is -2.33. The third-order valence-electron chi connectivity index (χ3n) is 4.95. The molecule has 1 aliphatic heterocycles. The summed E-state index contributed by atoms with van der Waals surface area (Å²) in [5, 5.41) is 9.00. The third kappa shape index (κ3) is 3.74. The summed E-state index contributed by atoms with van der Waals surface area (Å²) in [5.74, 6) is 0.0218. The monoisotopic (exact) mass is 386 g/mol. The Balaban J connectivity index is 1.99. The molecule has 1 N–H and O–H groups in total. The van der Waals surface area contributed by atoms with Crippen molar-refractivity contribution in [2.45, 2.75) is 37.5 Å². The van der Waals surface area contributed by atoms with Crippen molar-refractivity contribution in [2.24, 2.45) is 0 Å². The van der Waals surface area contributed by atoms with Gasteiger partial charge in [0.15, 0.2) is 0 Å².